The molecule has 0 heterocycles. The van der Waals surface area contributed by atoms with Crippen molar-refractivity contribution in [2.45, 2.75) is 0 Å². The molecule has 12 nitrogen and oxygen atoms in total. The second-order valence-corrected chi connectivity index (χ2v) is 6.79. The van der Waals surface area contributed by atoms with E-state index in [0.717, 1.165) is 12.1 Å². The van der Waals surface area contributed by atoms with Gasteiger partial charge in [0.2, 0.25) is 0 Å². The van der Waals surface area contributed by atoms with E-state index in [1.54, 1.807) is 0 Å². The fraction of sp³-hybridized carbons (Fsp3) is 0. The van der Waals surface area contributed by atoms with E-state index in [-0.39, 0.29) is 50.6 Å². The number of hydrogen-bond acceptors (Lipinski definition) is 10. The molecule has 33 heavy (non-hydrogen) atoms. The molecule has 0 aliphatic rings. The number of carbonyl (C=O) groups excluding carboxylic acids is 1. The molecule has 0 bridgehead atoms. The molecule has 174 valence electrons. The molecule has 0 saturated carbocycles. The van der Waals surface area contributed by atoms with Crippen molar-refractivity contribution in [1.82, 2.24) is 0 Å². The Morgan fingerprint density at radius 2 is 1.21 bits per heavy atom. The van der Waals surface area contributed by atoms with Crippen molar-refractivity contribution < 1.29 is 30.0 Å². The van der Waals surface area contributed by atoms with Crippen LogP contribution in [0.4, 0.5) is 22.7 Å². The van der Waals surface area contributed by atoms with E-state index >= 15 is 0 Å². The number of anilines is 2. The number of nitrogen functional groups attached to an aromatic ring is 2. The highest BCUT2D eigenvalue weighted by atomic mass is 35.5. The van der Waals surface area contributed by atoms with Crippen LogP contribution in [-0.4, -0.2) is 31.5 Å². The highest BCUT2D eigenvalue weighted by Crippen LogP contribution is 2.29. The summed E-state index contributed by atoms with van der Waals surface area (Å²) in [5.74, 6) is -0.516. The molecular formula is C19H16Cl2N4O8. The number of aromatic hydroxyl groups is 3. The number of aldehydes is 1. The molecule has 7 N–H and O–H groups in total. The summed E-state index contributed by atoms with van der Waals surface area (Å²) in [6.45, 7) is 0. The molecule has 0 spiro atoms. The number of non-ortho nitro benzene ring substituents is 2. The van der Waals surface area contributed by atoms with Gasteiger partial charge in [-0.3, -0.25) is 25.0 Å². The molecule has 0 aromatic heterocycles. The van der Waals surface area contributed by atoms with E-state index in [2.05, 4.69) is 0 Å². The minimum Gasteiger partial charge on any atom is -0.506 e. The molecule has 3 rings (SSSR count). The molecule has 3 aromatic carbocycles. The molecular weight excluding hydrogens is 483 g/mol. The van der Waals surface area contributed by atoms with Crippen LogP contribution >= 0.6 is 23.2 Å². The lowest BCUT2D eigenvalue weighted by Gasteiger charge is -1.99. The number of benzene rings is 3. The van der Waals surface area contributed by atoms with Gasteiger partial charge in [0, 0.05) is 29.3 Å². The molecule has 0 radical (unpaired) electrons. The van der Waals surface area contributed by atoms with Gasteiger partial charge in [-0.1, -0.05) is 23.2 Å². The van der Waals surface area contributed by atoms with Crippen LogP contribution in [0.3, 0.4) is 0 Å². The van der Waals surface area contributed by atoms with E-state index < -0.39 is 9.85 Å². The number of carbonyl (C=O) groups is 1. The molecule has 0 unspecified atom stereocenters. The number of phenolic OH excluding ortho intramolecular Hbond substituents is 3. The van der Waals surface area contributed by atoms with Crippen molar-refractivity contribution in [3.8, 4) is 17.2 Å². The Morgan fingerprint density at radius 1 is 0.788 bits per heavy atom. The monoisotopic (exact) mass is 498 g/mol. The van der Waals surface area contributed by atoms with E-state index in [9.17, 15) is 25.0 Å². The number of phenols is 3. The predicted molar refractivity (Wildman–Crippen MR) is 122 cm³/mol. The lowest BCUT2D eigenvalue weighted by Crippen LogP contribution is -1.90. The zero-order chi connectivity index (χ0) is 25.3. The van der Waals surface area contributed by atoms with Gasteiger partial charge in [-0.2, -0.15) is 0 Å². The SMILES string of the molecule is Nc1cc([N+](=O)[O-])ccc1O.Nc1cc([N+](=O)[O-])ccc1O.O=Cc1cc(Cl)cc(Cl)c1O. The average molecular weight is 499 g/mol. The number of hydrogen-bond donors (Lipinski definition) is 5. The fourth-order valence-electron chi connectivity index (χ4n) is 1.99. The average Bonchev–Trinajstić information content (AvgIpc) is 2.75. The van der Waals surface area contributed by atoms with E-state index in [0.29, 0.717) is 11.3 Å². The minimum atomic E-state index is -0.574. The Balaban J connectivity index is 0.000000247. The molecule has 3 aromatic rings. The van der Waals surface area contributed by atoms with Crippen LogP contribution in [0, 0.1) is 20.2 Å². The summed E-state index contributed by atoms with van der Waals surface area (Å²) < 4.78 is 0. The summed E-state index contributed by atoms with van der Waals surface area (Å²) >= 11 is 11.1. The normalized spacial score (nSPS) is 9.52. The first-order valence-corrected chi connectivity index (χ1v) is 9.21. The van der Waals surface area contributed by atoms with Crippen molar-refractivity contribution in [3.63, 3.8) is 0 Å². The van der Waals surface area contributed by atoms with Gasteiger partial charge < -0.3 is 26.8 Å². The second kappa shape index (κ2) is 11.9. The van der Waals surface area contributed by atoms with Gasteiger partial charge in [0.05, 0.1) is 31.8 Å². The zero-order valence-corrected chi connectivity index (χ0v) is 17.9. The lowest BCUT2D eigenvalue weighted by molar-refractivity contribution is -0.385. The first-order valence-electron chi connectivity index (χ1n) is 8.46. The molecule has 14 heteroatoms. The molecule has 0 aliphatic heterocycles. The van der Waals surface area contributed by atoms with E-state index in [4.69, 9.17) is 50.0 Å². The van der Waals surface area contributed by atoms with E-state index in [1.807, 2.05) is 0 Å². The summed E-state index contributed by atoms with van der Waals surface area (Å²) in [6, 6.07) is 9.67. The second-order valence-electron chi connectivity index (χ2n) is 5.94. The highest BCUT2D eigenvalue weighted by molar-refractivity contribution is 6.36. The predicted octanol–water partition coefficient (Wildman–Crippen LogP) is 4.28. The van der Waals surface area contributed by atoms with Crippen LogP contribution in [0.25, 0.3) is 0 Å². The van der Waals surface area contributed by atoms with Crippen LogP contribution in [-0.2, 0) is 0 Å². The summed E-state index contributed by atoms with van der Waals surface area (Å²) in [7, 11) is 0. The van der Waals surface area contributed by atoms with Crippen LogP contribution in [0.1, 0.15) is 10.4 Å². The molecule has 0 aliphatic carbocycles. The molecule has 0 fully saturated rings. The van der Waals surface area contributed by atoms with Crippen molar-refractivity contribution in [2.24, 2.45) is 0 Å². The largest absolute Gasteiger partial charge is 0.506 e. The lowest BCUT2D eigenvalue weighted by atomic mass is 10.2. The molecule has 0 saturated heterocycles. The Kier molecular flexibility index (Phi) is 9.67. The number of halogens is 2. The minimum absolute atomic E-state index is 0.0131. The third kappa shape index (κ3) is 8.05. The van der Waals surface area contributed by atoms with Gasteiger partial charge in [0.25, 0.3) is 11.4 Å². The van der Waals surface area contributed by atoms with E-state index in [1.165, 1.54) is 36.4 Å². The van der Waals surface area contributed by atoms with Crippen LogP contribution in [0.2, 0.25) is 10.0 Å². The Morgan fingerprint density at radius 3 is 1.55 bits per heavy atom. The maximum atomic E-state index is 10.3. The van der Waals surface area contributed by atoms with Gasteiger partial charge in [-0.05, 0) is 24.3 Å². The van der Waals surface area contributed by atoms with Gasteiger partial charge in [0.1, 0.15) is 17.2 Å². The number of rotatable bonds is 3. The number of nitro groups is 2. The van der Waals surface area contributed by atoms with Crippen molar-refractivity contribution in [1.29, 1.82) is 0 Å². The van der Waals surface area contributed by atoms with Gasteiger partial charge in [-0.25, -0.2) is 0 Å². The number of nitrogens with two attached hydrogens (primary N) is 2. The maximum absolute atomic E-state index is 10.3. The standard InChI is InChI=1S/C7H4Cl2O2.2C6H6N2O3/c8-5-1-4(3-10)7(11)6(9)2-5;2*7-5-3-4(8(10)11)1-2-6(5)9/h1-3,11H;2*1-3,9H,7H2. The fourth-order valence-corrected chi connectivity index (χ4v) is 2.50. The topological polar surface area (TPSA) is 216 Å². The van der Waals surface area contributed by atoms with Crippen molar-refractivity contribution >= 4 is 52.2 Å². The molecule has 0 atom stereocenters. The summed E-state index contributed by atoms with van der Waals surface area (Å²) in [5, 5.41) is 47.5. The van der Waals surface area contributed by atoms with Crippen LogP contribution in [0.15, 0.2) is 48.5 Å². The summed E-state index contributed by atoms with van der Waals surface area (Å²) in [4.78, 5) is 29.4. The Labute approximate surface area is 195 Å². The Hall–Kier alpha value is -4.29. The quantitative estimate of drug-likeness (QED) is 0.113. The first kappa shape index (κ1) is 26.7. The Bertz CT molecular complexity index is 1130. The maximum Gasteiger partial charge on any atom is 0.271 e. The van der Waals surface area contributed by atoms with Gasteiger partial charge in [0.15, 0.2) is 6.29 Å². The van der Waals surface area contributed by atoms with Crippen LogP contribution in [0.5, 0.6) is 17.2 Å². The molecule has 0 amide bonds. The van der Waals surface area contributed by atoms with Gasteiger partial charge in [-0.15, -0.1) is 0 Å². The first-order chi connectivity index (χ1) is 15.4. The van der Waals surface area contributed by atoms with Crippen molar-refractivity contribution in [3.05, 3.63) is 84.4 Å². The summed E-state index contributed by atoms with van der Waals surface area (Å²) in [6.07, 6.45) is 0.493. The highest BCUT2D eigenvalue weighted by Gasteiger charge is 2.08. The smallest absolute Gasteiger partial charge is 0.271 e. The van der Waals surface area contributed by atoms with Crippen LogP contribution < -0.4 is 11.5 Å². The van der Waals surface area contributed by atoms with Gasteiger partial charge >= 0.3 is 0 Å². The number of nitrogens with zero attached hydrogens (tertiary/aromatic N) is 2. The van der Waals surface area contributed by atoms with Crippen molar-refractivity contribution in [2.75, 3.05) is 11.5 Å². The number of nitro benzene ring substituents is 2. The third-order valence-electron chi connectivity index (χ3n) is 3.63. The zero-order valence-electron chi connectivity index (χ0n) is 16.4. The third-order valence-corrected chi connectivity index (χ3v) is 4.13. The summed E-state index contributed by atoms with van der Waals surface area (Å²) in [5.41, 5.74) is 10.3.